The second-order valence-corrected chi connectivity index (χ2v) is 5.30. The van der Waals surface area contributed by atoms with Crippen LogP contribution in [0.25, 0.3) is 0 Å². The van der Waals surface area contributed by atoms with E-state index < -0.39 is 11.7 Å². The van der Waals surface area contributed by atoms with Crippen LogP contribution in [0.3, 0.4) is 0 Å². The van der Waals surface area contributed by atoms with Crippen molar-refractivity contribution in [3.8, 4) is 5.88 Å². The summed E-state index contributed by atoms with van der Waals surface area (Å²) in [6.45, 7) is 0. The van der Waals surface area contributed by atoms with Crippen LogP contribution in [0.2, 0.25) is 0 Å². The van der Waals surface area contributed by atoms with Crippen molar-refractivity contribution >= 4 is 15.9 Å². The van der Waals surface area contributed by atoms with Gasteiger partial charge >= 0.3 is 6.18 Å². The molecule has 1 aromatic heterocycles. The van der Waals surface area contributed by atoms with E-state index in [0.29, 0.717) is 4.47 Å². The second kappa shape index (κ2) is 5.47. The number of hydrogen-bond donors (Lipinski definition) is 0. The number of nitrogens with zero attached hydrogens (tertiary/aromatic N) is 1. The third kappa shape index (κ3) is 3.37. The molecular formula is C12H13BrF3NO. The maximum Gasteiger partial charge on any atom is 0.421 e. The number of halogens is 4. The van der Waals surface area contributed by atoms with Gasteiger partial charge in [-0.15, -0.1) is 0 Å². The lowest BCUT2D eigenvalue weighted by Crippen LogP contribution is -2.22. The molecule has 0 unspecified atom stereocenters. The molecule has 6 heteroatoms. The van der Waals surface area contributed by atoms with Gasteiger partial charge in [-0.1, -0.05) is 6.42 Å². The van der Waals surface area contributed by atoms with Crippen molar-refractivity contribution in [2.45, 2.75) is 44.4 Å². The van der Waals surface area contributed by atoms with Crippen molar-refractivity contribution in [1.82, 2.24) is 4.98 Å². The summed E-state index contributed by atoms with van der Waals surface area (Å²) in [7, 11) is 0. The largest absolute Gasteiger partial charge is 0.474 e. The van der Waals surface area contributed by atoms with E-state index in [0.717, 1.165) is 38.2 Å². The molecular weight excluding hydrogens is 311 g/mol. The van der Waals surface area contributed by atoms with Crippen molar-refractivity contribution in [1.29, 1.82) is 0 Å². The molecule has 1 saturated carbocycles. The van der Waals surface area contributed by atoms with Crippen molar-refractivity contribution < 1.29 is 17.9 Å². The first-order valence-electron chi connectivity index (χ1n) is 5.86. The zero-order valence-corrected chi connectivity index (χ0v) is 11.2. The molecule has 0 atom stereocenters. The minimum absolute atomic E-state index is 0.145. The molecule has 0 aromatic carbocycles. The summed E-state index contributed by atoms with van der Waals surface area (Å²) in [5, 5.41) is 0. The molecule has 0 aliphatic heterocycles. The molecule has 18 heavy (non-hydrogen) atoms. The highest BCUT2D eigenvalue weighted by molar-refractivity contribution is 9.10. The molecule has 0 N–H and O–H groups in total. The molecule has 2 nitrogen and oxygen atoms in total. The first-order chi connectivity index (χ1) is 8.47. The van der Waals surface area contributed by atoms with Gasteiger partial charge < -0.3 is 4.74 Å². The number of aromatic nitrogens is 1. The predicted molar refractivity (Wildman–Crippen MR) is 64.4 cm³/mol. The van der Waals surface area contributed by atoms with Crippen LogP contribution >= 0.6 is 15.9 Å². The lowest BCUT2D eigenvalue weighted by atomic mass is 9.98. The van der Waals surface area contributed by atoms with E-state index in [1.807, 2.05) is 0 Å². The van der Waals surface area contributed by atoms with Crippen molar-refractivity contribution in [2.24, 2.45) is 0 Å². The Bertz CT molecular complexity index is 416. The Morgan fingerprint density at radius 2 is 1.89 bits per heavy atom. The fraction of sp³-hybridized carbons (Fsp3) is 0.583. The lowest BCUT2D eigenvalue weighted by molar-refractivity contribution is -0.139. The minimum atomic E-state index is -4.44. The molecule has 0 radical (unpaired) electrons. The Hall–Kier alpha value is -0.780. The number of pyridine rings is 1. The van der Waals surface area contributed by atoms with E-state index in [1.54, 1.807) is 0 Å². The predicted octanol–water partition coefficient (Wildman–Crippen LogP) is 4.57. The molecule has 1 aliphatic carbocycles. The minimum Gasteiger partial charge on any atom is -0.474 e. The number of alkyl halides is 3. The average molecular weight is 324 g/mol. The topological polar surface area (TPSA) is 22.1 Å². The van der Waals surface area contributed by atoms with Crippen LogP contribution in [0.15, 0.2) is 16.7 Å². The maximum atomic E-state index is 12.8. The highest BCUT2D eigenvalue weighted by Gasteiger charge is 2.36. The van der Waals surface area contributed by atoms with Gasteiger partial charge in [-0.3, -0.25) is 0 Å². The van der Waals surface area contributed by atoms with E-state index in [4.69, 9.17) is 4.74 Å². The standard InChI is InChI=1S/C12H13BrF3NO/c13-8-6-10(12(14,15)16)11(17-7-8)18-9-4-2-1-3-5-9/h6-7,9H,1-5H2. The van der Waals surface area contributed by atoms with Gasteiger partial charge in [-0.25, -0.2) is 4.98 Å². The van der Waals surface area contributed by atoms with Gasteiger partial charge in [-0.05, 0) is 47.7 Å². The summed E-state index contributed by atoms with van der Waals surface area (Å²) in [5.74, 6) is -0.308. The molecule has 1 aromatic rings. The first kappa shape index (κ1) is 13.6. The van der Waals surface area contributed by atoms with Gasteiger partial charge in [0, 0.05) is 10.7 Å². The smallest absolute Gasteiger partial charge is 0.421 e. The van der Waals surface area contributed by atoms with Crippen molar-refractivity contribution in [3.63, 3.8) is 0 Å². The third-order valence-corrected chi connectivity index (χ3v) is 3.39. The number of ether oxygens (including phenoxy) is 1. The summed E-state index contributed by atoms with van der Waals surface area (Å²) in [6.07, 6.45) is 1.47. The van der Waals surface area contributed by atoms with Crippen molar-refractivity contribution in [2.75, 3.05) is 0 Å². The van der Waals surface area contributed by atoms with Crippen LogP contribution in [0.5, 0.6) is 5.88 Å². The molecule has 1 aliphatic rings. The van der Waals surface area contributed by atoms with Crippen LogP contribution in [0.4, 0.5) is 13.2 Å². The highest BCUT2D eigenvalue weighted by atomic mass is 79.9. The van der Waals surface area contributed by atoms with E-state index >= 15 is 0 Å². The third-order valence-electron chi connectivity index (χ3n) is 2.95. The van der Waals surface area contributed by atoms with Gasteiger partial charge in [0.1, 0.15) is 11.7 Å². The molecule has 1 fully saturated rings. The SMILES string of the molecule is FC(F)(F)c1cc(Br)cnc1OC1CCCCC1. The first-order valence-corrected chi connectivity index (χ1v) is 6.65. The Labute approximate surface area is 112 Å². The van der Waals surface area contributed by atoms with Crippen LogP contribution < -0.4 is 4.74 Å². The van der Waals surface area contributed by atoms with E-state index in [1.165, 1.54) is 6.20 Å². The molecule has 0 bridgehead atoms. The summed E-state index contributed by atoms with van der Waals surface area (Å²) in [6, 6.07) is 1.01. The Balaban J connectivity index is 2.21. The Morgan fingerprint density at radius 3 is 2.50 bits per heavy atom. The zero-order chi connectivity index (χ0) is 13.2. The molecule has 0 spiro atoms. The maximum absolute atomic E-state index is 12.8. The van der Waals surface area contributed by atoms with E-state index in [2.05, 4.69) is 20.9 Å². The van der Waals surface area contributed by atoms with Crippen LogP contribution in [-0.4, -0.2) is 11.1 Å². The van der Waals surface area contributed by atoms with Crippen LogP contribution in [-0.2, 0) is 6.18 Å². The zero-order valence-electron chi connectivity index (χ0n) is 9.63. The quantitative estimate of drug-likeness (QED) is 0.795. The number of rotatable bonds is 2. The molecule has 1 heterocycles. The van der Waals surface area contributed by atoms with Gasteiger partial charge in [0.2, 0.25) is 5.88 Å². The average Bonchev–Trinajstić information content (AvgIpc) is 2.31. The summed E-state index contributed by atoms with van der Waals surface area (Å²) >= 11 is 3.00. The molecule has 2 rings (SSSR count). The fourth-order valence-electron chi connectivity index (χ4n) is 2.06. The number of hydrogen-bond acceptors (Lipinski definition) is 2. The lowest BCUT2D eigenvalue weighted by Gasteiger charge is -2.24. The Morgan fingerprint density at radius 1 is 1.22 bits per heavy atom. The highest BCUT2D eigenvalue weighted by Crippen LogP contribution is 2.37. The summed E-state index contributed by atoms with van der Waals surface area (Å²) in [4.78, 5) is 3.75. The van der Waals surface area contributed by atoms with Crippen LogP contribution in [0.1, 0.15) is 37.7 Å². The van der Waals surface area contributed by atoms with Gasteiger partial charge in [-0.2, -0.15) is 13.2 Å². The second-order valence-electron chi connectivity index (χ2n) is 4.38. The van der Waals surface area contributed by atoms with Gasteiger partial charge in [0.05, 0.1) is 0 Å². The monoisotopic (exact) mass is 323 g/mol. The molecule has 0 saturated heterocycles. The van der Waals surface area contributed by atoms with Crippen LogP contribution in [0, 0.1) is 0 Å². The molecule has 100 valence electrons. The van der Waals surface area contributed by atoms with Gasteiger partial charge in [0.25, 0.3) is 0 Å². The fourth-order valence-corrected chi connectivity index (χ4v) is 2.40. The van der Waals surface area contributed by atoms with Gasteiger partial charge in [0.15, 0.2) is 0 Å². The summed E-state index contributed by atoms with van der Waals surface area (Å²) < 4.78 is 44.2. The normalized spacial score (nSPS) is 17.8. The van der Waals surface area contributed by atoms with E-state index in [9.17, 15) is 13.2 Å². The van der Waals surface area contributed by atoms with E-state index in [-0.39, 0.29) is 12.0 Å². The van der Waals surface area contributed by atoms with Crippen molar-refractivity contribution in [3.05, 3.63) is 22.3 Å². The summed E-state index contributed by atoms with van der Waals surface area (Å²) in [5.41, 5.74) is -0.817. The Kier molecular flexibility index (Phi) is 4.14. The molecule has 0 amide bonds.